The van der Waals surface area contributed by atoms with Gasteiger partial charge in [0.2, 0.25) is 11.0 Å². The van der Waals surface area contributed by atoms with Gasteiger partial charge in [-0.05, 0) is 18.6 Å². The molecule has 2 aromatic heterocycles. The first-order chi connectivity index (χ1) is 12.1. The predicted molar refractivity (Wildman–Crippen MR) is 100 cm³/mol. The van der Waals surface area contributed by atoms with Crippen molar-refractivity contribution in [3.63, 3.8) is 0 Å². The van der Waals surface area contributed by atoms with E-state index in [0.29, 0.717) is 21.1 Å². The van der Waals surface area contributed by atoms with Crippen molar-refractivity contribution in [2.75, 3.05) is 11.1 Å². The number of nitrogens with one attached hydrogen (secondary N) is 1. The van der Waals surface area contributed by atoms with E-state index in [9.17, 15) is 4.79 Å². The number of hydrogen-bond donors (Lipinski definition) is 1. The number of thioether (sulfide) groups is 1. The Morgan fingerprint density at radius 1 is 1.28 bits per heavy atom. The van der Waals surface area contributed by atoms with Gasteiger partial charge in [-0.15, -0.1) is 20.4 Å². The Hall–Kier alpha value is -1.97. The summed E-state index contributed by atoms with van der Waals surface area (Å²) in [6, 6.07) is 7.44. The van der Waals surface area contributed by atoms with Crippen LogP contribution in [-0.4, -0.2) is 36.6 Å². The smallest absolute Gasteiger partial charge is 0.236 e. The highest BCUT2D eigenvalue weighted by Gasteiger charge is 2.15. The second-order valence-corrected chi connectivity index (χ2v) is 7.45. The van der Waals surface area contributed by atoms with Crippen molar-refractivity contribution in [2.24, 2.45) is 7.05 Å². The number of nitrogens with zero attached hydrogens (tertiary/aromatic N) is 5. The lowest BCUT2D eigenvalue weighted by Gasteiger charge is -2.05. The molecule has 3 aromatic rings. The van der Waals surface area contributed by atoms with E-state index in [1.807, 2.05) is 36.7 Å². The number of halogens is 1. The number of amides is 1. The number of benzene rings is 1. The average Bonchev–Trinajstić information content (AvgIpc) is 3.20. The molecule has 0 spiro atoms. The van der Waals surface area contributed by atoms with Crippen LogP contribution in [0, 0.1) is 0 Å². The van der Waals surface area contributed by atoms with Crippen LogP contribution in [0.25, 0.3) is 11.4 Å². The van der Waals surface area contributed by atoms with Gasteiger partial charge in [-0.2, -0.15) is 0 Å². The fourth-order valence-corrected chi connectivity index (χ4v) is 3.68. The predicted octanol–water partition coefficient (Wildman–Crippen LogP) is 3.28. The molecular weight excluding hydrogens is 380 g/mol. The quantitative estimate of drug-likeness (QED) is 0.646. The Labute approximate surface area is 157 Å². The first-order valence-electron chi connectivity index (χ1n) is 7.47. The summed E-state index contributed by atoms with van der Waals surface area (Å²) >= 11 is 8.88. The molecule has 0 saturated carbocycles. The molecule has 0 atom stereocenters. The zero-order valence-corrected chi connectivity index (χ0v) is 16.0. The fourth-order valence-electron chi connectivity index (χ4n) is 2.05. The van der Waals surface area contributed by atoms with Crippen LogP contribution in [0.3, 0.4) is 0 Å². The maximum absolute atomic E-state index is 12.1. The second kappa shape index (κ2) is 7.94. The molecule has 7 nitrogen and oxygen atoms in total. The molecule has 0 aliphatic heterocycles. The maximum Gasteiger partial charge on any atom is 0.236 e. The van der Waals surface area contributed by atoms with Gasteiger partial charge in [0.25, 0.3) is 0 Å². The van der Waals surface area contributed by atoms with E-state index in [4.69, 9.17) is 11.6 Å². The minimum absolute atomic E-state index is 0.161. The molecule has 3 rings (SSSR count). The van der Waals surface area contributed by atoms with Crippen LogP contribution >= 0.6 is 34.7 Å². The Morgan fingerprint density at radius 3 is 2.80 bits per heavy atom. The topological polar surface area (TPSA) is 85.6 Å². The zero-order valence-electron chi connectivity index (χ0n) is 13.6. The van der Waals surface area contributed by atoms with E-state index in [1.54, 1.807) is 6.07 Å². The van der Waals surface area contributed by atoms with Crippen molar-refractivity contribution in [2.45, 2.75) is 18.5 Å². The minimum Gasteiger partial charge on any atom is -0.305 e. The molecule has 1 N–H and O–H groups in total. The third-order valence-corrected chi connectivity index (χ3v) is 5.63. The summed E-state index contributed by atoms with van der Waals surface area (Å²) in [6.45, 7) is 1.99. The number of aryl methyl sites for hydroxylation is 1. The van der Waals surface area contributed by atoms with Gasteiger partial charge in [0.05, 0.1) is 10.8 Å². The lowest BCUT2D eigenvalue weighted by molar-refractivity contribution is -0.113. The molecule has 0 saturated heterocycles. The number of rotatable bonds is 6. The van der Waals surface area contributed by atoms with Crippen LogP contribution in [0.2, 0.25) is 5.02 Å². The number of anilines is 1. The van der Waals surface area contributed by atoms with Crippen molar-refractivity contribution < 1.29 is 4.79 Å². The van der Waals surface area contributed by atoms with Crippen molar-refractivity contribution in [3.05, 3.63) is 34.3 Å². The summed E-state index contributed by atoms with van der Waals surface area (Å²) in [4.78, 5) is 12.1. The van der Waals surface area contributed by atoms with Crippen molar-refractivity contribution in [3.8, 4) is 11.4 Å². The van der Waals surface area contributed by atoms with E-state index >= 15 is 0 Å². The second-order valence-electron chi connectivity index (χ2n) is 5.04. The summed E-state index contributed by atoms with van der Waals surface area (Å²) in [7, 11) is 1.84. The largest absolute Gasteiger partial charge is 0.305 e. The monoisotopic (exact) mass is 394 g/mol. The minimum atomic E-state index is -0.161. The Bertz CT molecular complexity index is 894. The van der Waals surface area contributed by atoms with Gasteiger partial charge in [0.1, 0.15) is 5.01 Å². The Kier molecular flexibility index (Phi) is 5.67. The van der Waals surface area contributed by atoms with E-state index in [-0.39, 0.29) is 11.7 Å². The molecular formula is C15H15ClN6OS2. The van der Waals surface area contributed by atoms with Gasteiger partial charge in [0, 0.05) is 12.6 Å². The van der Waals surface area contributed by atoms with Crippen LogP contribution in [0.4, 0.5) is 5.13 Å². The lowest BCUT2D eigenvalue weighted by Crippen LogP contribution is -2.14. The number of aromatic nitrogens is 5. The number of carbonyl (C=O) groups excluding carboxylic acids is 1. The highest BCUT2D eigenvalue weighted by Crippen LogP contribution is 2.28. The van der Waals surface area contributed by atoms with Crippen LogP contribution in [0.15, 0.2) is 29.4 Å². The third-order valence-electron chi connectivity index (χ3n) is 3.30. The van der Waals surface area contributed by atoms with Crippen LogP contribution in [0.5, 0.6) is 0 Å². The average molecular weight is 395 g/mol. The van der Waals surface area contributed by atoms with Crippen molar-refractivity contribution in [1.29, 1.82) is 0 Å². The van der Waals surface area contributed by atoms with Crippen LogP contribution in [0.1, 0.15) is 11.9 Å². The number of hydrogen-bond acceptors (Lipinski definition) is 7. The van der Waals surface area contributed by atoms with E-state index in [1.165, 1.54) is 23.1 Å². The van der Waals surface area contributed by atoms with E-state index < -0.39 is 0 Å². The first kappa shape index (κ1) is 17.8. The molecule has 130 valence electrons. The molecule has 10 heteroatoms. The van der Waals surface area contributed by atoms with Gasteiger partial charge in [-0.25, -0.2) is 0 Å². The highest BCUT2D eigenvalue weighted by atomic mass is 35.5. The maximum atomic E-state index is 12.1. The highest BCUT2D eigenvalue weighted by molar-refractivity contribution is 7.99. The van der Waals surface area contributed by atoms with Crippen LogP contribution < -0.4 is 5.32 Å². The van der Waals surface area contributed by atoms with Gasteiger partial charge < -0.3 is 4.57 Å². The molecule has 0 aliphatic carbocycles. The summed E-state index contributed by atoms with van der Waals surface area (Å²) < 4.78 is 1.82. The van der Waals surface area contributed by atoms with Crippen molar-refractivity contribution in [1.82, 2.24) is 25.0 Å². The molecule has 1 aromatic carbocycles. The van der Waals surface area contributed by atoms with Gasteiger partial charge in [0.15, 0.2) is 11.0 Å². The summed E-state index contributed by atoms with van der Waals surface area (Å²) in [5.41, 5.74) is 0.802. The summed E-state index contributed by atoms with van der Waals surface area (Å²) in [5.74, 6) is 0.700. The third kappa shape index (κ3) is 4.17. The van der Waals surface area contributed by atoms with E-state index in [2.05, 4.69) is 25.7 Å². The van der Waals surface area contributed by atoms with Crippen LogP contribution in [-0.2, 0) is 18.3 Å². The molecule has 25 heavy (non-hydrogen) atoms. The van der Waals surface area contributed by atoms with Gasteiger partial charge in [-0.3, -0.25) is 10.1 Å². The Morgan fingerprint density at radius 2 is 2.08 bits per heavy atom. The molecule has 0 aliphatic rings. The SMILES string of the molecule is CCc1nnc(NC(=O)CSc2nnc(-c3ccccc3Cl)n2C)s1. The summed E-state index contributed by atoms with van der Waals surface area (Å²) in [6.07, 6.45) is 0.798. The standard InChI is InChI=1S/C15H15ClN6OS2/c1-3-12-18-20-14(25-12)17-11(23)8-24-15-21-19-13(22(15)2)9-6-4-5-7-10(9)16/h4-7H,3,8H2,1-2H3,(H,17,20,23). The first-order valence-corrected chi connectivity index (χ1v) is 9.65. The molecule has 0 radical (unpaired) electrons. The van der Waals surface area contributed by atoms with Gasteiger partial charge >= 0.3 is 0 Å². The molecule has 2 heterocycles. The fraction of sp³-hybridized carbons (Fsp3) is 0.267. The molecule has 0 bridgehead atoms. The Balaban J connectivity index is 1.64. The zero-order chi connectivity index (χ0) is 17.8. The molecule has 0 unspecified atom stereocenters. The number of carbonyl (C=O) groups is 1. The van der Waals surface area contributed by atoms with Gasteiger partial charge in [-0.1, -0.05) is 53.8 Å². The normalized spacial score (nSPS) is 10.8. The molecule has 0 fully saturated rings. The van der Waals surface area contributed by atoms with Crippen molar-refractivity contribution >= 4 is 45.7 Å². The summed E-state index contributed by atoms with van der Waals surface area (Å²) in [5, 5.41) is 21.6. The molecule has 1 amide bonds. The van der Waals surface area contributed by atoms with E-state index in [0.717, 1.165) is 17.0 Å². The lowest BCUT2D eigenvalue weighted by atomic mass is 10.2.